The maximum Gasteiger partial charge on any atom is 0.247 e. The molecular weight excluding hydrogens is 264 g/mol. The van der Waals surface area contributed by atoms with Crippen molar-refractivity contribution in [2.24, 2.45) is 0 Å². The van der Waals surface area contributed by atoms with Gasteiger partial charge in [0.2, 0.25) is 11.8 Å². The number of carbonyl (C=O) groups is 2. The van der Waals surface area contributed by atoms with Crippen LogP contribution in [0.1, 0.15) is 44.1 Å². The highest BCUT2D eigenvalue weighted by Gasteiger charge is 2.39. The Morgan fingerprint density at radius 2 is 1.76 bits per heavy atom. The molecule has 112 valence electrons. The van der Waals surface area contributed by atoms with Crippen molar-refractivity contribution in [1.29, 1.82) is 0 Å². The highest BCUT2D eigenvalue weighted by atomic mass is 16.2. The number of hydrogen-bond acceptors (Lipinski definition) is 3. The Labute approximate surface area is 125 Å². The quantitative estimate of drug-likeness (QED) is 0.864. The number of carbonyl (C=O) groups excluding carboxylic acids is 2. The Morgan fingerprint density at radius 1 is 1.05 bits per heavy atom. The summed E-state index contributed by atoms with van der Waals surface area (Å²) in [6.07, 6.45) is 6.28. The molecule has 2 aliphatic rings. The molecule has 1 saturated heterocycles. The van der Waals surface area contributed by atoms with Gasteiger partial charge < -0.3 is 5.32 Å². The lowest BCUT2D eigenvalue weighted by atomic mass is 9.95. The van der Waals surface area contributed by atoms with E-state index >= 15 is 0 Å². The molecule has 21 heavy (non-hydrogen) atoms. The van der Waals surface area contributed by atoms with E-state index in [2.05, 4.69) is 5.32 Å². The fourth-order valence-corrected chi connectivity index (χ4v) is 3.30. The van der Waals surface area contributed by atoms with Gasteiger partial charge in [0.1, 0.15) is 0 Å². The van der Waals surface area contributed by atoms with Crippen molar-refractivity contribution in [3.8, 4) is 0 Å². The predicted octanol–water partition coefficient (Wildman–Crippen LogP) is 2.24. The predicted molar refractivity (Wildman–Crippen MR) is 80.4 cm³/mol. The van der Waals surface area contributed by atoms with Crippen LogP contribution < -0.4 is 5.32 Å². The molecule has 0 bridgehead atoms. The number of benzene rings is 1. The standard InChI is InChI=1S/C17H22N2O2/c20-16-11-15(18-14-9-5-2-6-10-14)17(21)19(16)12-13-7-3-1-4-8-13/h1,3-4,7-8,14-15,18H,2,5-6,9-12H2/t15-/m1/s1. The molecular formula is C17H22N2O2. The van der Waals surface area contributed by atoms with Crippen molar-refractivity contribution >= 4 is 11.8 Å². The van der Waals surface area contributed by atoms with Crippen LogP contribution in [0.2, 0.25) is 0 Å². The van der Waals surface area contributed by atoms with E-state index in [1.54, 1.807) is 0 Å². The summed E-state index contributed by atoms with van der Waals surface area (Å²) in [5, 5.41) is 3.40. The number of amides is 2. The SMILES string of the molecule is O=C1C[C@@H](NC2CCCCC2)C(=O)N1Cc1ccccc1. The molecule has 1 heterocycles. The molecule has 2 fully saturated rings. The first-order chi connectivity index (χ1) is 10.2. The van der Waals surface area contributed by atoms with E-state index < -0.39 is 0 Å². The Balaban J connectivity index is 1.62. The molecule has 4 nitrogen and oxygen atoms in total. The molecule has 0 spiro atoms. The minimum absolute atomic E-state index is 0.0582. The molecule has 1 aromatic carbocycles. The third-order valence-corrected chi connectivity index (χ3v) is 4.47. The fraction of sp³-hybridized carbons (Fsp3) is 0.529. The number of rotatable bonds is 4. The average Bonchev–Trinajstić information content (AvgIpc) is 2.77. The van der Waals surface area contributed by atoms with Crippen LogP contribution in [-0.2, 0) is 16.1 Å². The van der Waals surface area contributed by atoms with Gasteiger partial charge in [-0.1, -0.05) is 49.6 Å². The minimum Gasteiger partial charge on any atom is -0.303 e. The normalized spacial score (nSPS) is 23.8. The minimum atomic E-state index is -0.315. The van der Waals surface area contributed by atoms with Crippen molar-refractivity contribution in [1.82, 2.24) is 10.2 Å². The van der Waals surface area contributed by atoms with Crippen molar-refractivity contribution in [3.05, 3.63) is 35.9 Å². The second-order valence-electron chi connectivity index (χ2n) is 6.06. The van der Waals surface area contributed by atoms with E-state index in [1.807, 2.05) is 30.3 Å². The first-order valence-electron chi connectivity index (χ1n) is 7.88. The Morgan fingerprint density at radius 3 is 2.48 bits per heavy atom. The second-order valence-corrected chi connectivity index (χ2v) is 6.06. The van der Waals surface area contributed by atoms with Gasteiger partial charge in [-0.15, -0.1) is 0 Å². The van der Waals surface area contributed by atoms with Gasteiger partial charge in [0.05, 0.1) is 19.0 Å². The number of likely N-dealkylation sites (tertiary alicyclic amines) is 1. The molecule has 1 aromatic rings. The van der Waals surface area contributed by atoms with E-state index in [0.717, 1.165) is 18.4 Å². The van der Waals surface area contributed by atoms with E-state index in [0.29, 0.717) is 19.0 Å². The third kappa shape index (κ3) is 3.32. The number of hydrogen-bond donors (Lipinski definition) is 1. The zero-order chi connectivity index (χ0) is 14.7. The van der Waals surface area contributed by atoms with Gasteiger partial charge in [-0.05, 0) is 18.4 Å². The molecule has 1 N–H and O–H groups in total. The molecule has 1 aliphatic heterocycles. The summed E-state index contributed by atoms with van der Waals surface area (Å²) in [6, 6.07) is 9.77. The molecule has 1 atom stereocenters. The number of imide groups is 1. The van der Waals surface area contributed by atoms with Crippen LogP contribution in [-0.4, -0.2) is 28.8 Å². The average molecular weight is 286 g/mol. The van der Waals surface area contributed by atoms with E-state index in [1.165, 1.54) is 24.2 Å². The summed E-state index contributed by atoms with van der Waals surface area (Å²) in [5.41, 5.74) is 0.998. The van der Waals surface area contributed by atoms with Gasteiger partial charge in [-0.25, -0.2) is 0 Å². The summed E-state index contributed by atoms with van der Waals surface area (Å²) in [6.45, 7) is 0.390. The summed E-state index contributed by atoms with van der Waals surface area (Å²) in [7, 11) is 0. The van der Waals surface area contributed by atoms with Gasteiger partial charge in [0.15, 0.2) is 0 Å². The molecule has 3 rings (SSSR count). The Kier molecular flexibility index (Phi) is 4.34. The zero-order valence-corrected chi connectivity index (χ0v) is 12.3. The van der Waals surface area contributed by atoms with E-state index in [4.69, 9.17) is 0 Å². The lowest BCUT2D eigenvalue weighted by Gasteiger charge is -2.25. The molecule has 0 unspecified atom stereocenters. The van der Waals surface area contributed by atoms with Crippen LogP contribution in [0.15, 0.2) is 30.3 Å². The highest BCUT2D eigenvalue weighted by molar-refractivity contribution is 6.05. The van der Waals surface area contributed by atoms with Gasteiger partial charge in [0.25, 0.3) is 0 Å². The molecule has 0 radical (unpaired) electrons. The summed E-state index contributed by atoms with van der Waals surface area (Å²) >= 11 is 0. The third-order valence-electron chi connectivity index (χ3n) is 4.47. The van der Waals surface area contributed by atoms with Gasteiger partial charge >= 0.3 is 0 Å². The Bertz CT molecular complexity index is 509. The molecule has 4 heteroatoms. The van der Waals surface area contributed by atoms with Crippen LogP contribution in [0.3, 0.4) is 0 Å². The van der Waals surface area contributed by atoms with Gasteiger partial charge in [0, 0.05) is 6.04 Å². The van der Waals surface area contributed by atoms with E-state index in [9.17, 15) is 9.59 Å². The molecule has 1 aliphatic carbocycles. The second kappa shape index (κ2) is 6.39. The summed E-state index contributed by atoms with van der Waals surface area (Å²) < 4.78 is 0. The van der Waals surface area contributed by atoms with Crippen LogP contribution in [0, 0.1) is 0 Å². The van der Waals surface area contributed by atoms with Crippen LogP contribution in [0.4, 0.5) is 0 Å². The monoisotopic (exact) mass is 286 g/mol. The highest BCUT2D eigenvalue weighted by Crippen LogP contribution is 2.22. The van der Waals surface area contributed by atoms with Crippen LogP contribution in [0.5, 0.6) is 0 Å². The molecule has 2 amide bonds. The first kappa shape index (κ1) is 14.3. The maximum atomic E-state index is 12.4. The van der Waals surface area contributed by atoms with Crippen molar-refractivity contribution in [3.63, 3.8) is 0 Å². The number of nitrogens with one attached hydrogen (secondary N) is 1. The lowest BCUT2D eigenvalue weighted by Crippen LogP contribution is -2.44. The van der Waals surface area contributed by atoms with Crippen LogP contribution in [0.25, 0.3) is 0 Å². The molecule has 1 saturated carbocycles. The smallest absolute Gasteiger partial charge is 0.247 e. The van der Waals surface area contributed by atoms with Crippen molar-refractivity contribution in [2.45, 2.75) is 57.2 Å². The topological polar surface area (TPSA) is 49.4 Å². The fourth-order valence-electron chi connectivity index (χ4n) is 3.30. The Hall–Kier alpha value is -1.68. The van der Waals surface area contributed by atoms with Crippen LogP contribution >= 0.6 is 0 Å². The largest absolute Gasteiger partial charge is 0.303 e. The lowest BCUT2D eigenvalue weighted by molar-refractivity contribution is -0.139. The summed E-state index contributed by atoms with van der Waals surface area (Å²) in [5.74, 6) is -0.119. The number of nitrogens with zero attached hydrogens (tertiary/aromatic N) is 1. The zero-order valence-electron chi connectivity index (χ0n) is 12.3. The van der Waals surface area contributed by atoms with Crippen molar-refractivity contribution in [2.75, 3.05) is 0 Å². The van der Waals surface area contributed by atoms with Gasteiger partial charge in [-0.3, -0.25) is 14.5 Å². The first-order valence-corrected chi connectivity index (χ1v) is 7.88. The van der Waals surface area contributed by atoms with E-state index in [-0.39, 0.29) is 17.9 Å². The maximum absolute atomic E-state index is 12.4. The van der Waals surface area contributed by atoms with Crippen molar-refractivity contribution < 1.29 is 9.59 Å². The molecule has 0 aromatic heterocycles. The van der Waals surface area contributed by atoms with Gasteiger partial charge in [-0.2, -0.15) is 0 Å². The summed E-state index contributed by atoms with van der Waals surface area (Å²) in [4.78, 5) is 25.9.